The fourth-order valence-electron chi connectivity index (χ4n) is 1.84. The van der Waals surface area contributed by atoms with Crippen molar-refractivity contribution in [2.24, 2.45) is 0 Å². The third kappa shape index (κ3) is 0.750. The molecule has 0 spiro atoms. The Hall–Kier alpha value is -0.680. The van der Waals surface area contributed by atoms with E-state index in [0.717, 1.165) is 15.7 Å². The van der Waals surface area contributed by atoms with E-state index >= 15 is 0 Å². The van der Waals surface area contributed by atoms with Gasteiger partial charge in [0.1, 0.15) is 5.66 Å². The monoisotopic (exact) mass is 168 g/mol. The van der Waals surface area contributed by atoms with Gasteiger partial charge in [-0.25, -0.2) is 0 Å². The number of hydroxylamine groups is 4. The van der Waals surface area contributed by atoms with E-state index in [1.165, 1.54) is 0 Å². The van der Waals surface area contributed by atoms with Crippen LogP contribution in [0.1, 0.15) is 6.42 Å². The summed E-state index contributed by atoms with van der Waals surface area (Å²) in [4.78, 5) is 0. The van der Waals surface area contributed by atoms with Crippen molar-refractivity contribution < 1.29 is 10.4 Å². The lowest BCUT2D eigenvalue weighted by Crippen LogP contribution is -2.68. The Kier molecular flexibility index (Phi) is 1.59. The molecule has 0 saturated carbocycles. The molecule has 1 aliphatic carbocycles. The second-order valence-electron chi connectivity index (χ2n) is 3.22. The standard InChI is InChI=1S/C8H12N2O2/c1-9(11)8-5-3-2-4-7(8)6-10(8)12/h2-4,11-12H,5-6H2,1H3. The van der Waals surface area contributed by atoms with Gasteiger partial charge in [0.2, 0.25) is 0 Å². The van der Waals surface area contributed by atoms with Gasteiger partial charge in [-0.2, -0.15) is 10.1 Å². The smallest absolute Gasteiger partial charge is 0.146 e. The first kappa shape index (κ1) is 7.94. The van der Waals surface area contributed by atoms with Crippen molar-refractivity contribution in [2.45, 2.75) is 12.1 Å². The van der Waals surface area contributed by atoms with Crippen molar-refractivity contribution in [3.05, 3.63) is 23.8 Å². The van der Waals surface area contributed by atoms with Gasteiger partial charge in [-0.3, -0.25) is 0 Å². The second-order valence-corrected chi connectivity index (χ2v) is 3.22. The Morgan fingerprint density at radius 1 is 1.67 bits per heavy atom. The van der Waals surface area contributed by atoms with Crippen LogP contribution in [0.15, 0.2) is 23.8 Å². The van der Waals surface area contributed by atoms with Crippen LogP contribution in [-0.4, -0.2) is 39.8 Å². The highest BCUT2D eigenvalue weighted by atomic mass is 16.6. The fraction of sp³-hybridized carbons (Fsp3) is 0.500. The summed E-state index contributed by atoms with van der Waals surface area (Å²) in [7, 11) is 1.55. The average Bonchev–Trinajstić information content (AvgIpc) is 2.02. The van der Waals surface area contributed by atoms with Crippen LogP contribution in [0.4, 0.5) is 0 Å². The maximum absolute atomic E-state index is 9.42. The first-order valence-corrected chi connectivity index (χ1v) is 3.93. The molecule has 2 rings (SSSR count). The zero-order valence-electron chi connectivity index (χ0n) is 6.94. The number of nitrogens with zero attached hydrogens (tertiary/aromatic N) is 2. The molecule has 4 nitrogen and oxygen atoms in total. The fourth-order valence-corrected chi connectivity index (χ4v) is 1.84. The molecule has 1 saturated heterocycles. The lowest BCUT2D eigenvalue weighted by atomic mass is 9.83. The number of allylic oxidation sites excluding steroid dienone is 2. The second kappa shape index (κ2) is 2.40. The Morgan fingerprint density at radius 2 is 2.42 bits per heavy atom. The van der Waals surface area contributed by atoms with Crippen LogP contribution in [0.5, 0.6) is 0 Å². The van der Waals surface area contributed by atoms with E-state index in [-0.39, 0.29) is 0 Å². The summed E-state index contributed by atoms with van der Waals surface area (Å²) in [6.07, 6.45) is 6.44. The van der Waals surface area contributed by atoms with E-state index in [1.807, 2.05) is 18.2 Å². The van der Waals surface area contributed by atoms with Crippen LogP contribution >= 0.6 is 0 Å². The molecule has 0 aromatic heterocycles. The zero-order chi connectivity index (χ0) is 8.77. The summed E-state index contributed by atoms with van der Waals surface area (Å²) in [5, 5.41) is 21.0. The largest absolute Gasteiger partial charge is 0.312 e. The van der Waals surface area contributed by atoms with Crippen molar-refractivity contribution in [2.75, 3.05) is 13.6 Å². The molecule has 0 amide bonds. The van der Waals surface area contributed by atoms with E-state index in [0.29, 0.717) is 13.0 Å². The van der Waals surface area contributed by atoms with Crippen LogP contribution < -0.4 is 0 Å². The molecule has 12 heavy (non-hydrogen) atoms. The quantitative estimate of drug-likeness (QED) is 0.563. The third-order valence-corrected chi connectivity index (χ3v) is 2.63. The van der Waals surface area contributed by atoms with E-state index in [4.69, 9.17) is 0 Å². The van der Waals surface area contributed by atoms with Crippen LogP contribution in [-0.2, 0) is 0 Å². The molecular weight excluding hydrogens is 156 g/mol. The molecule has 2 aliphatic rings. The minimum absolute atomic E-state index is 0.523. The molecule has 1 unspecified atom stereocenters. The summed E-state index contributed by atoms with van der Waals surface area (Å²) in [5.74, 6) is 0. The van der Waals surface area contributed by atoms with Gasteiger partial charge in [-0.15, -0.1) is 0 Å². The molecule has 66 valence electrons. The minimum Gasteiger partial charge on any atom is -0.312 e. The number of hydrogen-bond donors (Lipinski definition) is 2. The average molecular weight is 168 g/mol. The lowest BCUT2D eigenvalue weighted by molar-refractivity contribution is -0.315. The van der Waals surface area contributed by atoms with Crippen molar-refractivity contribution >= 4 is 0 Å². The van der Waals surface area contributed by atoms with Crippen LogP contribution in [0.3, 0.4) is 0 Å². The van der Waals surface area contributed by atoms with Gasteiger partial charge >= 0.3 is 0 Å². The Morgan fingerprint density at radius 3 is 2.83 bits per heavy atom. The molecule has 0 aromatic carbocycles. The third-order valence-electron chi connectivity index (χ3n) is 2.63. The number of hydrogen-bond acceptors (Lipinski definition) is 4. The van der Waals surface area contributed by atoms with Crippen LogP contribution in [0.2, 0.25) is 0 Å². The van der Waals surface area contributed by atoms with E-state index in [9.17, 15) is 10.4 Å². The Balaban J connectivity index is 2.33. The lowest BCUT2D eigenvalue weighted by Gasteiger charge is -2.54. The molecule has 1 heterocycles. The SMILES string of the molecule is CN(O)C12CC=CC=C1CN2O. The first-order valence-electron chi connectivity index (χ1n) is 3.93. The molecule has 0 radical (unpaired) electrons. The predicted octanol–water partition coefficient (Wildman–Crippen LogP) is 0.595. The summed E-state index contributed by atoms with van der Waals surface area (Å²) < 4.78 is 0. The first-order chi connectivity index (χ1) is 5.68. The number of rotatable bonds is 1. The number of likely N-dealkylation sites (N-methyl/N-ethyl adjacent to an activating group) is 1. The van der Waals surface area contributed by atoms with E-state index in [2.05, 4.69) is 0 Å². The van der Waals surface area contributed by atoms with Crippen LogP contribution in [0.25, 0.3) is 0 Å². The summed E-state index contributed by atoms with van der Waals surface area (Å²) in [6.45, 7) is 0.523. The van der Waals surface area contributed by atoms with E-state index in [1.54, 1.807) is 7.05 Å². The highest BCUT2D eigenvalue weighted by molar-refractivity contribution is 5.36. The maximum Gasteiger partial charge on any atom is 0.146 e. The summed E-state index contributed by atoms with van der Waals surface area (Å²) >= 11 is 0. The Bertz CT molecular complexity index is 253. The molecule has 1 atom stereocenters. The molecule has 0 bridgehead atoms. The van der Waals surface area contributed by atoms with Gasteiger partial charge < -0.3 is 10.4 Å². The highest BCUT2D eigenvalue weighted by Crippen LogP contribution is 2.41. The van der Waals surface area contributed by atoms with Gasteiger partial charge in [0.05, 0.1) is 6.54 Å². The van der Waals surface area contributed by atoms with E-state index < -0.39 is 5.66 Å². The Labute approximate surface area is 70.9 Å². The molecule has 0 aromatic rings. The van der Waals surface area contributed by atoms with Gasteiger partial charge in [0, 0.05) is 13.5 Å². The van der Waals surface area contributed by atoms with Gasteiger partial charge in [-0.05, 0) is 5.57 Å². The van der Waals surface area contributed by atoms with Crippen molar-refractivity contribution in [1.29, 1.82) is 0 Å². The van der Waals surface area contributed by atoms with Gasteiger partial charge in [0.15, 0.2) is 0 Å². The highest BCUT2D eigenvalue weighted by Gasteiger charge is 2.52. The minimum atomic E-state index is -0.672. The summed E-state index contributed by atoms with van der Waals surface area (Å²) in [6, 6.07) is 0. The summed E-state index contributed by atoms with van der Waals surface area (Å²) in [5.41, 5.74) is 0.381. The molecular formula is C8H12N2O2. The van der Waals surface area contributed by atoms with Crippen molar-refractivity contribution in [3.8, 4) is 0 Å². The van der Waals surface area contributed by atoms with Gasteiger partial charge in [0.25, 0.3) is 0 Å². The predicted molar refractivity (Wildman–Crippen MR) is 42.6 cm³/mol. The molecule has 4 heteroatoms. The molecule has 1 fully saturated rings. The normalized spacial score (nSPS) is 34.5. The topological polar surface area (TPSA) is 46.9 Å². The van der Waals surface area contributed by atoms with Crippen LogP contribution in [0, 0.1) is 0 Å². The zero-order valence-corrected chi connectivity index (χ0v) is 6.94. The molecule has 2 N–H and O–H groups in total. The van der Waals surface area contributed by atoms with Gasteiger partial charge in [-0.1, -0.05) is 18.2 Å². The maximum atomic E-state index is 9.42. The van der Waals surface area contributed by atoms with Crippen molar-refractivity contribution in [1.82, 2.24) is 10.1 Å². The van der Waals surface area contributed by atoms with Crippen molar-refractivity contribution in [3.63, 3.8) is 0 Å². The molecule has 1 aliphatic heterocycles. The number of fused-ring (bicyclic) bond motifs is 1.